The number of hydrogen-bond acceptors (Lipinski definition) is 3. The zero-order valence-electron chi connectivity index (χ0n) is 17.9. The lowest BCUT2D eigenvalue weighted by molar-refractivity contribution is 0.0787. The van der Waals surface area contributed by atoms with Crippen molar-refractivity contribution in [3.63, 3.8) is 0 Å². The fourth-order valence-electron chi connectivity index (χ4n) is 4.78. The van der Waals surface area contributed by atoms with Gasteiger partial charge in [0.25, 0.3) is 5.91 Å². The molecule has 2 aromatic carbocycles. The molecule has 0 radical (unpaired) electrons. The first-order valence-corrected chi connectivity index (χ1v) is 12.1. The lowest BCUT2D eigenvalue weighted by atomic mass is 10.0. The van der Waals surface area contributed by atoms with Gasteiger partial charge in [-0.1, -0.05) is 60.3 Å². The molecule has 5 nitrogen and oxygen atoms in total. The molecule has 166 valence electrons. The quantitative estimate of drug-likeness (QED) is 0.523. The minimum absolute atomic E-state index is 0.147. The predicted molar refractivity (Wildman–Crippen MR) is 129 cm³/mol. The van der Waals surface area contributed by atoms with Gasteiger partial charge in [0, 0.05) is 29.2 Å². The smallest absolute Gasteiger partial charge is 0.283 e. The third-order valence-corrected chi connectivity index (χ3v) is 6.89. The third-order valence-electron chi connectivity index (χ3n) is 6.35. The minimum Gasteiger partial charge on any atom is -0.283 e. The summed E-state index contributed by atoms with van der Waals surface area (Å²) in [5, 5.41) is 7.94. The Morgan fingerprint density at radius 2 is 1.72 bits per heavy atom. The zero-order valence-corrected chi connectivity index (χ0v) is 19.4. The number of benzene rings is 2. The van der Waals surface area contributed by atoms with Crippen molar-refractivity contribution >= 4 is 29.1 Å². The molecular weight excluding hydrogens is 443 g/mol. The third kappa shape index (κ3) is 4.17. The topological polar surface area (TPSA) is 50.2 Å². The largest absolute Gasteiger partial charge is 0.286 e. The average molecular weight is 469 g/mol. The Kier molecular flexibility index (Phi) is 6.22. The van der Waals surface area contributed by atoms with Crippen LogP contribution in [0.3, 0.4) is 0 Å². The Balaban J connectivity index is 1.63. The molecule has 1 saturated heterocycles. The summed E-state index contributed by atoms with van der Waals surface area (Å²) in [5.74, 6) is -0.147. The first-order chi connectivity index (χ1) is 15.6. The number of aromatic nitrogens is 2. The van der Waals surface area contributed by atoms with E-state index in [2.05, 4.69) is 23.6 Å². The van der Waals surface area contributed by atoms with Crippen LogP contribution >= 0.6 is 23.2 Å². The van der Waals surface area contributed by atoms with Crippen LogP contribution in [-0.2, 0) is 12.8 Å². The number of nitrogens with one attached hydrogen (secondary N) is 1. The van der Waals surface area contributed by atoms with Gasteiger partial charge in [-0.15, -0.1) is 0 Å². The molecule has 1 aliphatic carbocycles. The van der Waals surface area contributed by atoms with Gasteiger partial charge in [-0.2, -0.15) is 5.10 Å². The summed E-state index contributed by atoms with van der Waals surface area (Å²) in [4.78, 5) is 13.4. The number of aryl methyl sites for hydroxylation is 1. The molecule has 1 amide bonds. The molecule has 0 saturated carbocycles. The molecule has 0 bridgehead atoms. The molecule has 0 atom stereocenters. The summed E-state index contributed by atoms with van der Waals surface area (Å²) in [6.45, 7) is 1.75. The Labute approximate surface area is 198 Å². The molecule has 0 spiro atoms. The second kappa shape index (κ2) is 9.26. The highest BCUT2D eigenvalue weighted by Gasteiger charge is 2.29. The van der Waals surface area contributed by atoms with Crippen molar-refractivity contribution in [3.8, 4) is 16.9 Å². The van der Waals surface area contributed by atoms with Crippen LogP contribution in [0.1, 0.15) is 53.7 Å². The summed E-state index contributed by atoms with van der Waals surface area (Å²) in [6, 6.07) is 13.7. The van der Waals surface area contributed by atoms with Gasteiger partial charge in [0.05, 0.1) is 16.4 Å². The van der Waals surface area contributed by atoms with Crippen LogP contribution in [-0.4, -0.2) is 33.8 Å². The Hall–Kier alpha value is -2.34. The average Bonchev–Trinajstić information content (AvgIpc) is 2.92. The molecule has 0 unspecified atom stereocenters. The molecule has 7 heteroatoms. The summed E-state index contributed by atoms with van der Waals surface area (Å²) in [7, 11) is 0. The van der Waals surface area contributed by atoms with Crippen LogP contribution in [0.2, 0.25) is 10.0 Å². The van der Waals surface area contributed by atoms with E-state index in [0.29, 0.717) is 15.7 Å². The van der Waals surface area contributed by atoms with Crippen molar-refractivity contribution < 1.29 is 4.79 Å². The highest BCUT2D eigenvalue weighted by Crippen LogP contribution is 2.37. The molecule has 1 N–H and O–H groups in total. The van der Waals surface area contributed by atoms with Crippen LogP contribution < -0.4 is 5.43 Å². The summed E-state index contributed by atoms with van der Waals surface area (Å²) >= 11 is 12.7. The first-order valence-electron chi connectivity index (χ1n) is 11.3. The van der Waals surface area contributed by atoms with Gasteiger partial charge < -0.3 is 0 Å². The fourth-order valence-corrected chi connectivity index (χ4v) is 5.27. The molecule has 5 rings (SSSR count). The van der Waals surface area contributed by atoms with Crippen molar-refractivity contribution in [2.24, 2.45) is 0 Å². The molecule has 3 aromatic rings. The van der Waals surface area contributed by atoms with Crippen molar-refractivity contribution in [1.82, 2.24) is 20.2 Å². The number of rotatable bonds is 3. The Morgan fingerprint density at radius 1 is 0.938 bits per heavy atom. The maximum atomic E-state index is 13.4. The summed E-state index contributed by atoms with van der Waals surface area (Å²) in [6.07, 6.45) is 7.34. The predicted octanol–water partition coefficient (Wildman–Crippen LogP) is 5.86. The van der Waals surface area contributed by atoms with Gasteiger partial charge in [0.1, 0.15) is 0 Å². The highest BCUT2D eigenvalue weighted by molar-refractivity contribution is 6.35. The minimum atomic E-state index is -0.147. The van der Waals surface area contributed by atoms with Gasteiger partial charge in [-0.25, -0.2) is 9.69 Å². The van der Waals surface area contributed by atoms with Crippen molar-refractivity contribution in [3.05, 3.63) is 69.3 Å². The number of amides is 1. The monoisotopic (exact) mass is 468 g/mol. The van der Waals surface area contributed by atoms with E-state index in [4.69, 9.17) is 28.3 Å². The number of fused-ring (bicyclic) bond motifs is 3. The van der Waals surface area contributed by atoms with E-state index in [9.17, 15) is 4.79 Å². The van der Waals surface area contributed by atoms with Crippen LogP contribution in [0.4, 0.5) is 0 Å². The fraction of sp³-hybridized carbons (Fsp3) is 0.360. The van der Waals surface area contributed by atoms with Gasteiger partial charge >= 0.3 is 0 Å². The zero-order chi connectivity index (χ0) is 22.1. The van der Waals surface area contributed by atoms with Crippen LogP contribution in [0, 0.1) is 0 Å². The van der Waals surface area contributed by atoms with E-state index < -0.39 is 0 Å². The summed E-state index contributed by atoms with van der Waals surface area (Å²) < 4.78 is 1.83. The molecule has 32 heavy (non-hydrogen) atoms. The van der Waals surface area contributed by atoms with E-state index in [-0.39, 0.29) is 5.91 Å². The molecule has 2 heterocycles. The van der Waals surface area contributed by atoms with Crippen molar-refractivity contribution in [2.45, 2.75) is 44.9 Å². The van der Waals surface area contributed by atoms with Gasteiger partial charge in [0.2, 0.25) is 0 Å². The normalized spacial score (nSPS) is 16.6. The van der Waals surface area contributed by atoms with Crippen LogP contribution in [0.15, 0.2) is 42.5 Å². The Morgan fingerprint density at radius 3 is 2.50 bits per heavy atom. The molecule has 1 aromatic heterocycles. The number of halogens is 2. The molecule has 1 fully saturated rings. The number of carbonyl (C=O) groups excluding carboxylic acids is 1. The standard InChI is InChI=1S/C25H26Cl2N4O/c26-18-12-13-22(21(27)16-18)31-24-19-10-4-3-8-17(19)9-7-11-20(24)23(28-31)25(32)29-30-14-5-1-2-6-15-30/h3-4,8,10,12-13,16H,1-2,5-7,9,11,14-15H2,(H,29,32). The number of hydrogen-bond donors (Lipinski definition) is 1. The second-order valence-electron chi connectivity index (χ2n) is 8.54. The number of hydrazine groups is 1. The lowest BCUT2D eigenvalue weighted by Gasteiger charge is -2.20. The van der Waals surface area contributed by atoms with E-state index in [1.807, 2.05) is 21.8 Å². The van der Waals surface area contributed by atoms with Gasteiger partial charge in [-0.05, 0) is 55.9 Å². The number of nitrogens with zero attached hydrogens (tertiary/aromatic N) is 3. The van der Waals surface area contributed by atoms with E-state index in [1.165, 1.54) is 18.4 Å². The van der Waals surface area contributed by atoms with Gasteiger partial charge in [0.15, 0.2) is 5.69 Å². The SMILES string of the molecule is O=C(NN1CCCCCC1)c1nn(-c2ccc(Cl)cc2Cl)c2c1CCCc1ccccc1-2. The van der Waals surface area contributed by atoms with E-state index in [1.54, 1.807) is 12.1 Å². The maximum absolute atomic E-state index is 13.4. The van der Waals surface area contributed by atoms with Crippen molar-refractivity contribution in [2.75, 3.05) is 13.1 Å². The Bertz CT molecular complexity index is 1150. The van der Waals surface area contributed by atoms with E-state index in [0.717, 1.165) is 67.7 Å². The molecule has 1 aliphatic heterocycles. The molecule has 2 aliphatic rings. The maximum Gasteiger partial charge on any atom is 0.286 e. The lowest BCUT2D eigenvalue weighted by Crippen LogP contribution is -2.43. The summed E-state index contributed by atoms with van der Waals surface area (Å²) in [5.41, 5.74) is 8.61. The van der Waals surface area contributed by atoms with Gasteiger partial charge in [-0.3, -0.25) is 10.2 Å². The first kappa shape index (κ1) is 21.5. The van der Waals surface area contributed by atoms with E-state index >= 15 is 0 Å². The molecular formula is C25H26Cl2N4O. The van der Waals surface area contributed by atoms with Crippen molar-refractivity contribution in [1.29, 1.82) is 0 Å². The van der Waals surface area contributed by atoms with Crippen LogP contribution in [0.5, 0.6) is 0 Å². The second-order valence-corrected chi connectivity index (χ2v) is 9.38. The number of carbonyl (C=O) groups is 1. The highest BCUT2D eigenvalue weighted by atomic mass is 35.5. The van der Waals surface area contributed by atoms with Crippen LogP contribution in [0.25, 0.3) is 16.9 Å².